The molecule has 106 valence electrons. The number of imide groups is 1. The first-order valence-corrected chi connectivity index (χ1v) is 6.84. The van der Waals surface area contributed by atoms with Crippen molar-refractivity contribution < 1.29 is 19.1 Å². The predicted octanol–water partition coefficient (Wildman–Crippen LogP) is 1.55. The van der Waals surface area contributed by atoms with Crippen LogP contribution in [-0.2, 0) is 9.53 Å². The van der Waals surface area contributed by atoms with Gasteiger partial charge in [-0.2, -0.15) is 0 Å². The Kier molecular flexibility index (Phi) is 4.39. The summed E-state index contributed by atoms with van der Waals surface area (Å²) < 4.78 is 5.82. The number of nitrogens with zero attached hydrogens (tertiary/aromatic N) is 1. The minimum absolute atomic E-state index is 0.288. The van der Waals surface area contributed by atoms with Crippen molar-refractivity contribution in [2.45, 2.75) is 13.0 Å². The molecule has 0 saturated carbocycles. The van der Waals surface area contributed by atoms with Gasteiger partial charge in [0.1, 0.15) is 0 Å². The average molecular weight is 341 g/mol. The van der Waals surface area contributed by atoms with E-state index in [1.807, 2.05) is 0 Å². The first kappa shape index (κ1) is 14.5. The fraction of sp³-hybridized carbons (Fsp3) is 0.308. The van der Waals surface area contributed by atoms with Crippen LogP contribution in [0.3, 0.4) is 0 Å². The van der Waals surface area contributed by atoms with Crippen molar-refractivity contribution >= 4 is 33.8 Å². The summed E-state index contributed by atoms with van der Waals surface area (Å²) in [6.07, 6.45) is -1.01. The maximum atomic E-state index is 12.0. The number of esters is 1. The van der Waals surface area contributed by atoms with Crippen molar-refractivity contribution in [3.8, 4) is 0 Å². The molecule has 1 atom stereocenters. The molecule has 1 aromatic rings. The second-order valence-electron chi connectivity index (χ2n) is 4.28. The van der Waals surface area contributed by atoms with E-state index in [0.717, 1.165) is 9.37 Å². The van der Waals surface area contributed by atoms with Gasteiger partial charge in [-0.3, -0.25) is 9.69 Å². The Bertz CT molecular complexity index is 561. The first-order chi connectivity index (χ1) is 9.49. The molecule has 3 amide bonds. The van der Waals surface area contributed by atoms with E-state index in [9.17, 15) is 14.4 Å². The Labute approximate surface area is 124 Å². The highest BCUT2D eigenvalue weighted by Gasteiger charge is 2.31. The number of halogens is 1. The van der Waals surface area contributed by atoms with Crippen molar-refractivity contribution in [3.63, 3.8) is 0 Å². The van der Waals surface area contributed by atoms with Gasteiger partial charge < -0.3 is 10.1 Å². The second kappa shape index (κ2) is 6.04. The molecule has 1 aromatic carbocycles. The van der Waals surface area contributed by atoms with Gasteiger partial charge in [0.2, 0.25) is 0 Å². The summed E-state index contributed by atoms with van der Waals surface area (Å²) >= 11 is 3.25. The summed E-state index contributed by atoms with van der Waals surface area (Å²) in [7, 11) is 0. The van der Waals surface area contributed by atoms with Crippen LogP contribution in [0.25, 0.3) is 0 Å². The molecule has 0 bridgehead atoms. The molecule has 1 aliphatic rings. The van der Waals surface area contributed by atoms with E-state index in [2.05, 4.69) is 21.2 Å². The van der Waals surface area contributed by atoms with Gasteiger partial charge in [0.25, 0.3) is 5.91 Å². The Morgan fingerprint density at radius 2 is 2.20 bits per heavy atom. The van der Waals surface area contributed by atoms with Gasteiger partial charge in [0.15, 0.2) is 6.10 Å². The topological polar surface area (TPSA) is 75.7 Å². The van der Waals surface area contributed by atoms with Crippen LogP contribution in [0.2, 0.25) is 0 Å². The zero-order chi connectivity index (χ0) is 14.7. The number of hydrogen-bond donors (Lipinski definition) is 1. The average Bonchev–Trinajstić information content (AvgIpc) is 2.84. The van der Waals surface area contributed by atoms with Crippen LogP contribution in [0.15, 0.2) is 28.7 Å². The van der Waals surface area contributed by atoms with Crippen LogP contribution in [0.4, 0.5) is 4.79 Å². The van der Waals surface area contributed by atoms with E-state index in [4.69, 9.17) is 4.74 Å². The number of benzene rings is 1. The van der Waals surface area contributed by atoms with Crippen LogP contribution >= 0.6 is 15.9 Å². The van der Waals surface area contributed by atoms with Gasteiger partial charge in [-0.25, -0.2) is 9.59 Å². The van der Waals surface area contributed by atoms with Crippen LogP contribution in [0, 0.1) is 0 Å². The number of urea groups is 1. The van der Waals surface area contributed by atoms with Crippen LogP contribution < -0.4 is 5.32 Å². The maximum Gasteiger partial charge on any atom is 0.338 e. The largest absolute Gasteiger partial charge is 0.449 e. The molecule has 6 nitrogen and oxygen atoms in total. The lowest BCUT2D eigenvalue weighted by Crippen LogP contribution is -2.41. The summed E-state index contributed by atoms with van der Waals surface area (Å²) in [5.41, 5.74) is 0.338. The van der Waals surface area contributed by atoms with Crippen LogP contribution in [0.1, 0.15) is 17.3 Å². The third kappa shape index (κ3) is 3.16. The zero-order valence-corrected chi connectivity index (χ0v) is 12.3. The van der Waals surface area contributed by atoms with E-state index in [-0.39, 0.29) is 6.54 Å². The summed E-state index contributed by atoms with van der Waals surface area (Å²) in [6, 6.07) is 6.20. The fourth-order valence-corrected chi connectivity index (χ4v) is 2.20. The molecular formula is C13H13BrN2O4. The van der Waals surface area contributed by atoms with Gasteiger partial charge in [0, 0.05) is 17.6 Å². The molecular weight excluding hydrogens is 328 g/mol. The lowest BCUT2D eigenvalue weighted by molar-refractivity contribution is -0.136. The molecule has 1 heterocycles. The Morgan fingerprint density at radius 3 is 2.80 bits per heavy atom. The van der Waals surface area contributed by atoms with Crippen molar-refractivity contribution in [1.29, 1.82) is 0 Å². The van der Waals surface area contributed by atoms with Crippen molar-refractivity contribution in [2.24, 2.45) is 0 Å². The summed E-state index contributed by atoms with van der Waals surface area (Å²) in [5.74, 6) is -1.13. The molecule has 2 rings (SSSR count). The highest BCUT2D eigenvalue weighted by molar-refractivity contribution is 9.10. The Balaban J connectivity index is 2.00. The van der Waals surface area contributed by atoms with Gasteiger partial charge in [-0.1, -0.05) is 22.0 Å². The summed E-state index contributed by atoms with van der Waals surface area (Å²) in [5, 5.41) is 2.52. The van der Waals surface area contributed by atoms with Crippen LogP contribution in [0.5, 0.6) is 0 Å². The molecule has 1 fully saturated rings. The predicted molar refractivity (Wildman–Crippen MR) is 74.1 cm³/mol. The van der Waals surface area contributed by atoms with Crippen molar-refractivity contribution in [1.82, 2.24) is 10.2 Å². The van der Waals surface area contributed by atoms with Gasteiger partial charge in [-0.15, -0.1) is 0 Å². The minimum atomic E-state index is -1.01. The standard InChI is InChI=1S/C13H13BrN2O4/c1-8(11(17)16-6-5-15-13(16)19)20-12(18)9-3-2-4-10(14)7-9/h2-4,7-8H,5-6H2,1H3,(H,15,19)/t8-/m0/s1. The zero-order valence-electron chi connectivity index (χ0n) is 10.8. The highest BCUT2D eigenvalue weighted by Crippen LogP contribution is 2.14. The first-order valence-electron chi connectivity index (χ1n) is 6.05. The highest BCUT2D eigenvalue weighted by atomic mass is 79.9. The lowest BCUT2D eigenvalue weighted by Gasteiger charge is -2.18. The molecule has 0 radical (unpaired) electrons. The number of rotatable bonds is 3. The maximum absolute atomic E-state index is 12.0. The quantitative estimate of drug-likeness (QED) is 0.847. The molecule has 1 saturated heterocycles. The van der Waals surface area contributed by atoms with Gasteiger partial charge in [-0.05, 0) is 25.1 Å². The third-order valence-corrected chi connectivity index (χ3v) is 3.31. The molecule has 7 heteroatoms. The van der Waals surface area contributed by atoms with Crippen LogP contribution in [-0.4, -0.2) is 42.0 Å². The number of nitrogens with one attached hydrogen (secondary N) is 1. The van der Waals surface area contributed by atoms with E-state index in [1.54, 1.807) is 24.3 Å². The van der Waals surface area contributed by atoms with Gasteiger partial charge in [0.05, 0.1) is 5.56 Å². The normalized spacial score (nSPS) is 15.7. The van der Waals surface area contributed by atoms with Gasteiger partial charge >= 0.3 is 12.0 Å². The van der Waals surface area contributed by atoms with Crippen molar-refractivity contribution in [2.75, 3.05) is 13.1 Å². The molecule has 0 unspecified atom stereocenters. The summed E-state index contributed by atoms with van der Waals surface area (Å²) in [6.45, 7) is 2.15. The Morgan fingerprint density at radius 1 is 1.45 bits per heavy atom. The monoisotopic (exact) mass is 340 g/mol. The Hall–Kier alpha value is -1.89. The molecule has 1 aliphatic heterocycles. The lowest BCUT2D eigenvalue weighted by atomic mass is 10.2. The van der Waals surface area contributed by atoms with Crippen molar-refractivity contribution in [3.05, 3.63) is 34.3 Å². The summed E-state index contributed by atoms with van der Waals surface area (Å²) in [4.78, 5) is 36.3. The van der Waals surface area contributed by atoms with E-state index in [1.165, 1.54) is 6.92 Å². The minimum Gasteiger partial charge on any atom is -0.449 e. The number of carbonyl (C=O) groups is 3. The molecule has 0 aliphatic carbocycles. The van der Waals surface area contributed by atoms with E-state index >= 15 is 0 Å². The smallest absolute Gasteiger partial charge is 0.338 e. The second-order valence-corrected chi connectivity index (χ2v) is 5.20. The number of ether oxygens (including phenoxy) is 1. The number of amides is 3. The molecule has 1 N–H and O–H groups in total. The molecule has 0 spiro atoms. The molecule has 0 aromatic heterocycles. The number of carbonyl (C=O) groups excluding carboxylic acids is 3. The third-order valence-electron chi connectivity index (χ3n) is 2.81. The fourth-order valence-electron chi connectivity index (χ4n) is 1.80. The SMILES string of the molecule is C[C@H](OC(=O)c1cccc(Br)c1)C(=O)N1CCNC1=O. The van der Waals surface area contributed by atoms with E-state index < -0.39 is 24.0 Å². The number of hydrogen-bond acceptors (Lipinski definition) is 4. The molecule has 20 heavy (non-hydrogen) atoms. The van der Waals surface area contributed by atoms with E-state index in [0.29, 0.717) is 12.1 Å².